The van der Waals surface area contributed by atoms with Crippen LogP contribution in [0.4, 0.5) is 0 Å². The first kappa shape index (κ1) is 16.4. The maximum atomic E-state index is 6.23. The Morgan fingerprint density at radius 1 is 1.17 bits per heavy atom. The van der Waals surface area contributed by atoms with Crippen molar-refractivity contribution in [2.45, 2.75) is 50.9 Å². The fourth-order valence-electron chi connectivity index (χ4n) is 3.06. The van der Waals surface area contributed by atoms with Gasteiger partial charge in [-0.15, -0.1) is 0 Å². The number of ether oxygens (including phenoxy) is 1. The van der Waals surface area contributed by atoms with Gasteiger partial charge >= 0.3 is 0 Å². The van der Waals surface area contributed by atoms with Crippen LogP contribution in [-0.4, -0.2) is 5.75 Å². The number of unbranched alkanes of at least 4 members (excludes halogenated alkanes) is 1. The zero-order valence-corrected chi connectivity index (χ0v) is 14.8. The van der Waals surface area contributed by atoms with Crippen LogP contribution in [0.15, 0.2) is 59.9 Å². The van der Waals surface area contributed by atoms with Crippen LogP contribution >= 0.6 is 11.8 Å². The molecule has 3 rings (SSSR count). The molecule has 1 saturated heterocycles. The predicted molar refractivity (Wildman–Crippen MR) is 100 cm³/mol. The minimum absolute atomic E-state index is 0.116. The van der Waals surface area contributed by atoms with Crippen molar-refractivity contribution in [3.8, 4) is 0 Å². The molecule has 1 aromatic rings. The van der Waals surface area contributed by atoms with E-state index < -0.39 is 0 Å². The van der Waals surface area contributed by atoms with Gasteiger partial charge in [0.25, 0.3) is 0 Å². The van der Waals surface area contributed by atoms with Gasteiger partial charge in [0.1, 0.15) is 11.9 Å². The second kappa shape index (κ2) is 7.92. The van der Waals surface area contributed by atoms with Gasteiger partial charge in [0, 0.05) is 17.7 Å². The van der Waals surface area contributed by atoms with E-state index in [0.717, 1.165) is 30.8 Å². The van der Waals surface area contributed by atoms with Gasteiger partial charge in [-0.3, -0.25) is 0 Å². The standard InChI is InChI=1S/C21H26OS/c1-3-4-13-23-15-17-9-11-18(12-10-17)21-14-16(2)19-7-5-6-8-20(19)22-21/h7-12,21H,2-6,13-15H2,1H3. The van der Waals surface area contributed by atoms with E-state index in [1.165, 1.54) is 40.9 Å². The molecule has 1 heterocycles. The summed E-state index contributed by atoms with van der Waals surface area (Å²) >= 11 is 2.03. The van der Waals surface area contributed by atoms with E-state index in [-0.39, 0.29) is 6.10 Å². The number of fused-ring (bicyclic) bond motifs is 1. The summed E-state index contributed by atoms with van der Waals surface area (Å²) in [6.07, 6.45) is 10.3. The molecule has 1 aliphatic heterocycles. The molecule has 1 unspecified atom stereocenters. The molecule has 122 valence electrons. The second-order valence-electron chi connectivity index (χ2n) is 6.33. The zero-order chi connectivity index (χ0) is 16.1. The molecule has 0 saturated carbocycles. The number of allylic oxidation sites excluding steroid dienone is 3. The van der Waals surface area contributed by atoms with Crippen LogP contribution in [0.1, 0.15) is 56.3 Å². The number of hydrogen-bond acceptors (Lipinski definition) is 2. The predicted octanol–water partition coefficient (Wildman–Crippen LogP) is 6.34. The summed E-state index contributed by atoms with van der Waals surface area (Å²) in [7, 11) is 0. The number of benzene rings is 1. The lowest BCUT2D eigenvalue weighted by Gasteiger charge is -2.31. The van der Waals surface area contributed by atoms with E-state index in [2.05, 4.69) is 49.9 Å². The molecule has 1 fully saturated rings. The molecule has 1 atom stereocenters. The van der Waals surface area contributed by atoms with Crippen LogP contribution in [0.5, 0.6) is 0 Å². The van der Waals surface area contributed by atoms with Gasteiger partial charge in [0.2, 0.25) is 0 Å². The smallest absolute Gasteiger partial charge is 0.128 e. The number of rotatable bonds is 6. The van der Waals surface area contributed by atoms with Crippen molar-refractivity contribution in [1.82, 2.24) is 0 Å². The van der Waals surface area contributed by atoms with Crippen molar-refractivity contribution in [2.75, 3.05) is 5.75 Å². The third-order valence-electron chi connectivity index (χ3n) is 4.45. The van der Waals surface area contributed by atoms with Gasteiger partial charge in [0.15, 0.2) is 0 Å². The van der Waals surface area contributed by atoms with Crippen molar-refractivity contribution in [1.29, 1.82) is 0 Å². The minimum atomic E-state index is 0.116. The van der Waals surface area contributed by atoms with Crippen LogP contribution in [0.25, 0.3) is 0 Å². The van der Waals surface area contributed by atoms with E-state index >= 15 is 0 Å². The molecule has 1 aromatic carbocycles. The topological polar surface area (TPSA) is 9.23 Å². The Kier molecular flexibility index (Phi) is 5.66. The largest absolute Gasteiger partial charge is 0.485 e. The Morgan fingerprint density at radius 2 is 1.96 bits per heavy atom. The molecule has 0 aromatic heterocycles. The summed E-state index contributed by atoms with van der Waals surface area (Å²) in [4.78, 5) is 0. The summed E-state index contributed by atoms with van der Waals surface area (Å²) < 4.78 is 6.23. The Labute approximate surface area is 144 Å². The fraction of sp³-hybridized carbons (Fsp3) is 0.429. The van der Waals surface area contributed by atoms with E-state index in [0.29, 0.717) is 0 Å². The molecule has 0 bridgehead atoms. The monoisotopic (exact) mass is 326 g/mol. The fourth-order valence-corrected chi connectivity index (χ4v) is 4.13. The average Bonchev–Trinajstić information content (AvgIpc) is 2.59. The summed E-state index contributed by atoms with van der Waals surface area (Å²) in [6, 6.07) is 8.96. The molecule has 2 heteroatoms. The van der Waals surface area contributed by atoms with E-state index in [9.17, 15) is 0 Å². The lowest BCUT2D eigenvalue weighted by Crippen LogP contribution is -2.16. The Balaban J connectivity index is 1.62. The minimum Gasteiger partial charge on any atom is -0.485 e. The molecule has 1 aliphatic carbocycles. The number of thioether (sulfide) groups is 1. The lowest BCUT2D eigenvalue weighted by atomic mass is 9.89. The summed E-state index contributed by atoms with van der Waals surface area (Å²) in [6.45, 7) is 6.50. The van der Waals surface area contributed by atoms with E-state index in [1.807, 2.05) is 11.8 Å². The van der Waals surface area contributed by atoms with Gasteiger partial charge in [0.05, 0.1) is 0 Å². The maximum Gasteiger partial charge on any atom is 0.128 e. The van der Waals surface area contributed by atoms with Crippen LogP contribution in [-0.2, 0) is 10.5 Å². The van der Waals surface area contributed by atoms with Crippen molar-refractivity contribution >= 4 is 11.8 Å². The normalized spacial score (nSPS) is 20.4. The third kappa shape index (κ3) is 4.11. The van der Waals surface area contributed by atoms with Gasteiger partial charge in [-0.25, -0.2) is 0 Å². The highest BCUT2D eigenvalue weighted by atomic mass is 32.2. The summed E-state index contributed by atoms with van der Waals surface area (Å²) in [5, 5.41) is 0. The Hall–Kier alpha value is -1.41. The highest BCUT2D eigenvalue weighted by Crippen LogP contribution is 2.41. The number of hydrogen-bond donors (Lipinski definition) is 0. The van der Waals surface area contributed by atoms with Gasteiger partial charge in [-0.05, 0) is 47.8 Å². The molecule has 1 nitrogen and oxygen atoms in total. The van der Waals surface area contributed by atoms with E-state index in [1.54, 1.807) is 0 Å². The van der Waals surface area contributed by atoms with Crippen molar-refractivity contribution in [2.24, 2.45) is 0 Å². The van der Waals surface area contributed by atoms with Crippen molar-refractivity contribution in [3.05, 3.63) is 71.0 Å². The molecule has 23 heavy (non-hydrogen) atoms. The lowest BCUT2D eigenvalue weighted by molar-refractivity contribution is 0.109. The molecule has 0 spiro atoms. The molecular weight excluding hydrogens is 300 g/mol. The van der Waals surface area contributed by atoms with Gasteiger partial charge in [-0.1, -0.05) is 50.3 Å². The SMILES string of the molecule is C=C1CC(c2ccc(CSCCCC)cc2)OC2=CCCC=C12. The van der Waals surface area contributed by atoms with Gasteiger partial charge < -0.3 is 4.74 Å². The molecule has 2 aliphatic rings. The molecule has 0 amide bonds. The molecule has 0 radical (unpaired) electrons. The zero-order valence-electron chi connectivity index (χ0n) is 14.0. The highest BCUT2D eigenvalue weighted by Gasteiger charge is 2.26. The maximum absolute atomic E-state index is 6.23. The molecule has 0 N–H and O–H groups in total. The summed E-state index contributed by atoms with van der Waals surface area (Å²) in [5.74, 6) is 3.40. The van der Waals surface area contributed by atoms with Crippen molar-refractivity contribution < 1.29 is 4.74 Å². The van der Waals surface area contributed by atoms with Gasteiger partial charge in [-0.2, -0.15) is 11.8 Å². The Bertz CT molecular complexity index is 609. The quantitative estimate of drug-likeness (QED) is 0.564. The first-order valence-corrected chi connectivity index (χ1v) is 9.85. The summed E-state index contributed by atoms with van der Waals surface area (Å²) in [5.41, 5.74) is 5.11. The van der Waals surface area contributed by atoms with Crippen molar-refractivity contribution in [3.63, 3.8) is 0 Å². The Morgan fingerprint density at radius 3 is 2.74 bits per heavy atom. The van der Waals surface area contributed by atoms with Crippen LogP contribution in [0.3, 0.4) is 0 Å². The first-order valence-electron chi connectivity index (χ1n) is 8.70. The van der Waals surface area contributed by atoms with Crippen LogP contribution in [0.2, 0.25) is 0 Å². The average molecular weight is 327 g/mol. The highest BCUT2D eigenvalue weighted by molar-refractivity contribution is 7.98. The van der Waals surface area contributed by atoms with E-state index in [4.69, 9.17) is 4.74 Å². The molecular formula is C21H26OS. The van der Waals surface area contributed by atoms with Crippen LogP contribution < -0.4 is 0 Å². The first-order chi connectivity index (χ1) is 11.3. The second-order valence-corrected chi connectivity index (χ2v) is 7.43. The van der Waals surface area contributed by atoms with Crippen LogP contribution in [0, 0.1) is 0 Å². The third-order valence-corrected chi connectivity index (χ3v) is 5.57.